The fourth-order valence-electron chi connectivity index (χ4n) is 2.18. The molecule has 1 aliphatic heterocycles. The van der Waals surface area contributed by atoms with Crippen LogP contribution in [0.15, 0.2) is 18.2 Å². The van der Waals surface area contributed by atoms with Gasteiger partial charge in [-0.05, 0) is 24.1 Å². The molecule has 1 fully saturated rings. The first-order chi connectivity index (χ1) is 8.58. The molecular formula is C13H17ClFNS2. The van der Waals surface area contributed by atoms with Crippen LogP contribution in [0.3, 0.4) is 0 Å². The molecule has 0 radical (unpaired) electrons. The zero-order valence-electron chi connectivity index (χ0n) is 10.2. The average molecular weight is 306 g/mol. The van der Waals surface area contributed by atoms with Gasteiger partial charge in [0, 0.05) is 28.0 Å². The molecule has 5 heteroatoms. The van der Waals surface area contributed by atoms with E-state index in [1.54, 1.807) is 6.07 Å². The van der Waals surface area contributed by atoms with Gasteiger partial charge in [0.2, 0.25) is 0 Å². The third-order valence-corrected chi connectivity index (χ3v) is 6.69. The Balaban J connectivity index is 2.01. The predicted molar refractivity (Wildman–Crippen MR) is 81.3 cm³/mol. The maximum atomic E-state index is 13.4. The topological polar surface area (TPSA) is 26.0 Å². The molecule has 3 atom stereocenters. The smallest absolute Gasteiger partial charge is 0.142 e. The van der Waals surface area contributed by atoms with E-state index in [1.165, 1.54) is 11.8 Å². The summed E-state index contributed by atoms with van der Waals surface area (Å²) in [5, 5.41) is 1.18. The highest BCUT2D eigenvalue weighted by Gasteiger charge is 2.28. The van der Waals surface area contributed by atoms with E-state index in [0.29, 0.717) is 16.9 Å². The Morgan fingerprint density at radius 3 is 2.83 bits per heavy atom. The lowest BCUT2D eigenvalue weighted by Crippen LogP contribution is -2.42. The highest BCUT2D eigenvalue weighted by molar-refractivity contribution is 8.07. The molecule has 0 amide bonds. The Labute approximate surface area is 121 Å². The van der Waals surface area contributed by atoms with Crippen molar-refractivity contribution in [1.82, 2.24) is 0 Å². The van der Waals surface area contributed by atoms with Gasteiger partial charge in [-0.25, -0.2) is 4.39 Å². The van der Waals surface area contributed by atoms with Crippen molar-refractivity contribution in [2.75, 3.05) is 11.5 Å². The number of hydrogen-bond acceptors (Lipinski definition) is 3. The van der Waals surface area contributed by atoms with Crippen LogP contribution in [-0.4, -0.2) is 28.0 Å². The quantitative estimate of drug-likeness (QED) is 0.924. The van der Waals surface area contributed by atoms with Gasteiger partial charge in [-0.15, -0.1) is 0 Å². The van der Waals surface area contributed by atoms with Crippen LogP contribution in [0.5, 0.6) is 0 Å². The van der Waals surface area contributed by atoms with Crippen molar-refractivity contribution in [2.24, 2.45) is 5.73 Å². The molecule has 1 aliphatic rings. The molecule has 1 aromatic carbocycles. The zero-order valence-corrected chi connectivity index (χ0v) is 12.6. The molecule has 1 nitrogen and oxygen atoms in total. The second kappa shape index (κ2) is 6.51. The molecule has 1 aromatic rings. The molecule has 1 saturated heterocycles. The van der Waals surface area contributed by atoms with Gasteiger partial charge in [-0.3, -0.25) is 0 Å². The van der Waals surface area contributed by atoms with Crippen LogP contribution in [0.4, 0.5) is 4.39 Å². The Morgan fingerprint density at radius 2 is 2.17 bits per heavy atom. The van der Waals surface area contributed by atoms with Crippen LogP contribution < -0.4 is 5.73 Å². The van der Waals surface area contributed by atoms with Crippen molar-refractivity contribution in [2.45, 2.75) is 29.9 Å². The molecule has 0 saturated carbocycles. The molecule has 0 aliphatic carbocycles. The number of benzene rings is 1. The van der Waals surface area contributed by atoms with Crippen molar-refractivity contribution in [3.05, 3.63) is 34.6 Å². The van der Waals surface area contributed by atoms with Crippen molar-refractivity contribution in [3.8, 4) is 0 Å². The summed E-state index contributed by atoms with van der Waals surface area (Å²) in [4.78, 5) is 0. The molecule has 1 heterocycles. The van der Waals surface area contributed by atoms with Crippen LogP contribution in [0.1, 0.15) is 12.5 Å². The van der Waals surface area contributed by atoms with E-state index in [4.69, 9.17) is 17.3 Å². The first-order valence-electron chi connectivity index (χ1n) is 6.00. The van der Waals surface area contributed by atoms with E-state index in [1.807, 2.05) is 29.6 Å². The molecule has 3 unspecified atom stereocenters. The summed E-state index contributed by atoms with van der Waals surface area (Å²) >= 11 is 9.59. The average Bonchev–Trinajstić information content (AvgIpc) is 2.34. The third kappa shape index (κ3) is 3.56. The first kappa shape index (κ1) is 14.5. The summed E-state index contributed by atoms with van der Waals surface area (Å²) in [7, 11) is 0. The number of nitrogens with two attached hydrogens (primary N) is 1. The molecule has 0 spiro atoms. The van der Waals surface area contributed by atoms with E-state index in [2.05, 4.69) is 6.92 Å². The fourth-order valence-corrected chi connectivity index (χ4v) is 5.18. The zero-order chi connectivity index (χ0) is 13.1. The summed E-state index contributed by atoms with van der Waals surface area (Å²) in [6.07, 6.45) is 0.705. The van der Waals surface area contributed by atoms with Gasteiger partial charge < -0.3 is 5.73 Å². The van der Waals surface area contributed by atoms with Crippen molar-refractivity contribution < 1.29 is 4.39 Å². The lowest BCUT2D eigenvalue weighted by molar-refractivity contribution is 0.606. The Morgan fingerprint density at radius 1 is 1.44 bits per heavy atom. The van der Waals surface area contributed by atoms with E-state index >= 15 is 0 Å². The molecule has 100 valence electrons. The second-order valence-electron chi connectivity index (χ2n) is 4.53. The Kier molecular flexibility index (Phi) is 5.24. The van der Waals surface area contributed by atoms with Gasteiger partial charge in [-0.2, -0.15) is 23.5 Å². The predicted octanol–water partition coefficient (Wildman–Crippen LogP) is 3.59. The Hall–Kier alpha value is 0.1000. The summed E-state index contributed by atoms with van der Waals surface area (Å²) in [6, 6.07) is 5.02. The minimum absolute atomic E-state index is 0.0679. The van der Waals surface area contributed by atoms with E-state index in [9.17, 15) is 4.39 Å². The van der Waals surface area contributed by atoms with Crippen LogP contribution in [0.25, 0.3) is 0 Å². The van der Waals surface area contributed by atoms with E-state index in [-0.39, 0.29) is 16.9 Å². The molecule has 0 bridgehead atoms. The minimum atomic E-state index is -0.361. The largest absolute Gasteiger partial charge is 0.326 e. The minimum Gasteiger partial charge on any atom is -0.326 e. The lowest BCUT2D eigenvalue weighted by Gasteiger charge is -2.32. The molecular weight excluding hydrogens is 289 g/mol. The third-order valence-electron chi connectivity index (χ3n) is 3.11. The van der Waals surface area contributed by atoms with Crippen LogP contribution in [-0.2, 0) is 6.42 Å². The molecule has 2 rings (SSSR count). The van der Waals surface area contributed by atoms with Crippen molar-refractivity contribution in [1.29, 1.82) is 0 Å². The van der Waals surface area contributed by atoms with Gasteiger partial charge in [0.05, 0.1) is 5.02 Å². The highest BCUT2D eigenvalue weighted by atomic mass is 35.5. The summed E-state index contributed by atoms with van der Waals surface area (Å²) in [6.45, 7) is 2.23. The first-order valence-corrected chi connectivity index (χ1v) is 8.48. The highest BCUT2D eigenvalue weighted by Crippen LogP contribution is 2.33. The Bertz CT molecular complexity index is 416. The van der Waals surface area contributed by atoms with Crippen LogP contribution in [0, 0.1) is 5.82 Å². The van der Waals surface area contributed by atoms with Crippen LogP contribution >= 0.6 is 35.1 Å². The van der Waals surface area contributed by atoms with Gasteiger partial charge >= 0.3 is 0 Å². The maximum Gasteiger partial charge on any atom is 0.142 e. The van der Waals surface area contributed by atoms with Crippen molar-refractivity contribution >= 4 is 35.1 Å². The van der Waals surface area contributed by atoms with Gasteiger partial charge in [0.1, 0.15) is 5.82 Å². The number of rotatable bonds is 3. The molecule has 2 N–H and O–H groups in total. The van der Waals surface area contributed by atoms with Crippen LogP contribution in [0.2, 0.25) is 5.02 Å². The monoisotopic (exact) mass is 305 g/mol. The van der Waals surface area contributed by atoms with E-state index in [0.717, 1.165) is 11.3 Å². The van der Waals surface area contributed by atoms with Gasteiger partial charge in [-0.1, -0.05) is 24.6 Å². The maximum absolute atomic E-state index is 13.4. The molecule has 18 heavy (non-hydrogen) atoms. The summed E-state index contributed by atoms with van der Waals surface area (Å²) in [5.74, 6) is 1.99. The summed E-state index contributed by atoms with van der Waals surface area (Å²) in [5.41, 5.74) is 7.19. The van der Waals surface area contributed by atoms with E-state index < -0.39 is 0 Å². The normalized spacial score (nSPS) is 26.0. The summed E-state index contributed by atoms with van der Waals surface area (Å²) < 4.78 is 13.4. The lowest BCUT2D eigenvalue weighted by atomic mass is 10.0. The standard InChI is InChI=1S/C13H17ClFNS2/c1-8-13(18-5-4-17-8)12(16)7-9-2-3-10(14)11(15)6-9/h2-3,6,8,12-13H,4-5,7,16H2,1H3. The van der Waals surface area contributed by atoms with Gasteiger partial charge in [0.15, 0.2) is 0 Å². The number of hydrogen-bond donors (Lipinski definition) is 1. The number of thioether (sulfide) groups is 2. The van der Waals surface area contributed by atoms with Crippen molar-refractivity contribution in [3.63, 3.8) is 0 Å². The van der Waals surface area contributed by atoms with Gasteiger partial charge in [0.25, 0.3) is 0 Å². The fraction of sp³-hybridized carbons (Fsp3) is 0.538. The SMILES string of the molecule is CC1SCCSC1C(N)Cc1ccc(Cl)c(F)c1. The number of halogens is 2. The second-order valence-corrected chi connectivity index (χ2v) is 7.71. The molecule has 0 aromatic heterocycles.